The zero-order valence-electron chi connectivity index (χ0n) is 14.7. The first-order chi connectivity index (χ1) is 12.8. The summed E-state index contributed by atoms with van der Waals surface area (Å²) >= 11 is 0. The molecule has 0 unspecified atom stereocenters. The minimum absolute atomic E-state index is 0.0966. The van der Waals surface area contributed by atoms with E-state index in [1.807, 2.05) is 0 Å². The Hall–Kier alpha value is -2.21. The van der Waals surface area contributed by atoms with Crippen LogP contribution in [0.5, 0.6) is 11.5 Å². The standard InChI is InChI=1S/C15H16O9.C2H6O/c16-5-10-12(19)13(20)14(21)15(24-10)23-9-3-6-1-2-11(18)22-8(6)4-7(9)17;1-3-2/h1-4,10,12-17,19-21H,5H2;1-2H3/t10-,12-,13+,14-,15-;/m1./s1. The number of methoxy groups -OCH3 is 1. The van der Waals surface area contributed by atoms with E-state index in [1.165, 1.54) is 18.2 Å². The molecule has 0 bridgehead atoms. The Morgan fingerprint density at radius 2 is 1.74 bits per heavy atom. The highest BCUT2D eigenvalue weighted by Gasteiger charge is 2.44. The van der Waals surface area contributed by atoms with E-state index in [4.69, 9.17) is 19.0 Å². The van der Waals surface area contributed by atoms with Crippen LogP contribution < -0.4 is 10.4 Å². The Morgan fingerprint density at radius 3 is 2.37 bits per heavy atom. The van der Waals surface area contributed by atoms with Gasteiger partial charge in [-0.25, -0.2) is 4.79 Å². The minimum Gasteiger partial charge on any atom is -0.504 e. The van der Waals surface area contributed by atoms with Crippen LogP contribution in [0.2, 0.25) is 0 Å². The molecule has 1 saturated heterocycles. The molecule has 10 heteroatoms. The minimum atomic E-state index is -1.60. The zero-order chi connectivity index (χ0) is 20.1. The highest BCUT2D eigenvalue weighted by molar-refractivity contribution is 5.80. The third kappa shape index (κ3) is 4.75. The van der Waals surface area contributed by atoms with E-state index >= 15 is 0 Å². The molecule has 1 aromatic carbocycles. The lowest BCUT2D eigenvalue weighted by atomic mass is 9.99. The molecule has 0 saturated carbocycles. The number of phenolic OH excluding ortho intramolecular Hbond substituents is 1. The summed E-state index contributed by atoms with van der Waals surface area (Å²) in [6.45, 7) is -0.598. The number of phenols is 1. The second kappa shape index (κ2) is 9.13. The summed E-state index contributed by atoms with van der Waals surface area (Å²) in [6, 6.07) is 5.17. The molecule has 10 nitrogen and oxygen atoms in total. The quantitative estimate of drug-likeness (QED) is 0.412. The monoisotopic (exact) mass is 386 g/mol. The Labute approximate surface area is 153 Å². The van der Waals surface area contributed by atoms with E-state index in [9.17, 15) is 25.2 Å². The summed E-state index contributed by atoms with van der Waals surface area (Å²) in [4.78, 5) is 11.2. The van der Waals surface area contributed by atoms with Gasteiger partial charge in [-0.3, -0.25) is 0 Å². The maximum atomic E-state index is 11.2. The Morgan fingerprint density at radius 1 is 1.07 bits per heavy atom. The maximum Gasteiger partial charge on any atom is 0.336 e. The lowest BCUT2D eigenvalue weighted by Crippen LogP contribution is -2.60. The number of hydrogen-bond donors (Lipinski definition) is 5. The van der Waals surface area contributed by atoms with Crippen molar-refractivity contribution in [1.82, 2.24) is 0 Å². The predicted molar refractivity (Wildman–Crippen MR) is 91.5 cm³/mol. The van der Waals surface area contributed by atoms with Gasteiger partial charge in [-0.1, -0.05) is 0 Å². The average Bonchev–Trinajstić information content (AvgIpc) is 2.63. The number of rotatable bonds is 3. The second-order valence-electron chi connectivity index (χ2n) is 5.84. The predicted octanol–water partition coefficient (Wildman–Crippen LogP) is -1.06. The first-order valence-electron chi connectivity index (χ1n) is 7.96. The number of aromatic hydroxyl groups is 1. The van der Waals surface area contributed by atoms with Crippen LogP contribution in [0, 0.1) is 0 Å². The topological polar surface area (TPSA) is 159 Å². The van der Waals surface area contributed by atoms with Crippen molar-refractivity contribution >= 4 is 11.0 Å². The highest BCUT2D eigenvalue weighted by Crippen LogP contribution is 2.33. The molecular formula is C17H22O10. The van der Waals surface area contributed by atoms with E-state index in [0.717, 1.165) is 6.07 Å². The molecule has 1 aliphatic heterocycles. The van der Waals surface area contributed by atoms with Gasteiger partial charge in [0.25, 0.3) is 0 Å². The summed E-state index contributed by atoms with van der Waals surface area (Å²) in [6.07, 6.45) is -7.27. The van der Waals surface area contributed by atoms with Crippen LogP contribution in [0.4, 0.5) is 0 Å². The number of aliphatic hydroxyl groups is 4. The smallest absolute Gasteiger partial charge is 0.336 e. The fourth-order valence-electron chi connectivity index (χ4n) is 2.47. The van der Waals surface area contributed by atoms with Gasteiger partial charge in [-0.05, 0) is 12.1 Å². The van der Waals surface area contributed by atoms with Gasteiger partial charge in [-0.2, -0.15) is 0 Å². The van der Waals surface area contributed by atoms with Gasteiger partial charge in [0.2, 0.25) is 6.29 Å². The number of benzene rings is 1. The highest BCUT2D eigenvalue weighted by atomic mass is 16.7. The van der Waals surface area contributed by atoms with E-state index in [-0.39, 0.29) is 17.1 Å². The molecular weight excluding hydrogens is 364 g/mol. The van der Waals surface area contributed by atoms with Crippen molar-refractivity contribution in [2.75, 3.05) is 20.8 Å². The lowest BCUT2D eigenvalue weighted by molar-refractivity contribution is -0.277. The molecule has 2 aromatic rings. The molecule has 0 aliphatic carbocycles. The molecule has 0 radical (unpaired) electrons. The van der Waals surface area contributed by atoms with Crippen LogP contribution in [-0.4, -0.2) is 77.1 Å². The first kappa shape index (κ1) is 21.1. The summed E-state index contributed by atoms with van der Waals surface area (Å²) in [5.74, 6) is -0.477. The van der Waals surface area contributed by atoms with E-state index in [0.29, 0.717) is 5.39 Å². The molecule has 2 heterocycles. The van der Waals surface area contributed by atoms with Crippen LogP contribution in [0.3, 0.4) is 0 Å². The fraction of sp³-hybridized carbons (Fsp3) is 0.471. The summed E-state index contributed by atoms with van der Waals surface area (Å²) < 4.78 is 19.7. The first-order valence-corrected chi connectivity index (χ1v) is 7.96. The van der Waals surface area contributed by atoms with E-state index < -0.39 is 42.9 Å². The largest absolute Gasteiger partial charge is 0.504 e. The van der Waals surface area contributed by atoms with E-state index in [2.05, 4.69) is 4.74 Å². The van der Waals surface area contributed by atoms with Gasteiger partial charge < -0.3 is 44.2 Å². The van der Waals surface area contributed by atoms with Crippen LogP contribution >= 0.6 is 0 Å². The number of hydrogen-bond acceptors (Lipinski definition) is 10. The third-order valence-electron chi connectivity index (χ3n) is 3.79. The molecule has 27 heavy (non-hydrogen) atoms. The number of ether oxygens (including phenoxy) is 3. The van der Waals surface area contributed by atoms with Gasteiger partial charge in [-0.15, -0.1) is 0 Å². The molecule has 1 aromatic heterocycles. The lowest BCUT2D eigenvalue weighted by Gasteiger charge is -2.39. The van der Waals surface area contributed by atoms with Gasteiger partial charge in [0.1, 0.15) is 30.0 Å². The summed E-state index contributed by atoms with van der Waals surface area (Å²) in [7, 11) is 3.25. The van der Waals surface area contributed by atoms with E-state index in [1.54, 1.807) is 14.2 Å². The van der Waals surface area contributed by atoms with Gasteiger partial charge in [0, 0.05) is 31.7 Å². The Kier molecular flexibility index (Phi) is 7.13. The van der Waals surface area contributed by atoms with Crippen molar-refractivity contribution < 1.29 is 44.2 Å². The van der Waals surface area contributed by atoms with Gasteiger partial charge in [0.15, 0.2) is 11.5 Å². The zero-order valence-corrected chi connectivity index (χ0v) is 14.7. The molecule has 0 amide bonds. The number of fused-ring (bicyclic) bond motifs is 1. The van der Waals surface area contributed by atoms with Crippen LogP contribution in [-0.2, 0) is 9.47 Å². The molecule has 5 atom stereocenters. The maximum absolute atomic E-state index is 11.2. The Bertz CT molecular complexity index is 802. The SMILES string of the molecule is COC.O=c1ccc2cc(O[C@@H]3O[C@H](CO)[C@@H](O)[C@H](O)[C@H]3O)c(O)cc2o1. The average molecular weight is 386 g/mol. The molecule has 1 fully saturated rings. The Balaban J connectivity index is 0.000000817. The van der Waals surface area contributed by atoms with Crippen LogP contribution in [0.15, 0.2) is 33.5 Å². The van der Waals surface area contributed by atoms with Crippen molar-refractivity contribution in [3.63, 3.8) is 0 Å². The summed E-state index contributed by atoms with van der Waals surface area (Å²) in [5.41, 5.74) is -0.439. The van der Waals surface area contributed by atoms with Crippen molar-refractivity contribution in [2.45, 2.75) is 30.7 Å². The van der Waals surface area contributed by atoms with Gasteiger partial charge in [0.05, 0.1) is 6.61 Å². The van der Waals surface area contributed by atoms with Gasteiger partial charge >= 0.3 is 5.63 Å². The molecule has 3 rings (SSSR count). The van der Waals surface area contributed by atoms with Crippen molar-refractivity contribution in [1.29, 1.82) is 0 Å². The summed E-state index contributed by atoms with van der Waals surface area (Å²) in [5, 5.41) is 49.0. The fourth-order valence-corrected chi connectivity index (χ4v) is 2.47. The van der Waals surface area contributed by atoms with Crippen molar-refractivity contribution in [2.24, 2.45) is 0 Å². The molecule has 5 N–H and O–H groups in total. The van der Waals surface area contributed by atoms with Crippen molar-refractivity contribution in [3.8, 4) is 11.5 Å². The van der Waals surface area contributed by atoms with Crippen LogP contribution in [0.25, 0.3) is 11.0 Å². The molecule has 0 spiro atoms. The molecule has 1 aliphatic rings. The van der Waals surface area contributed by atoms with Crippen molar-refractivity contribution in [3.05, 3.63) is 34.7 Å². The second-order valence-corrected chi connectivity index (χ2v) is 5.84. The number of aliphatic hydroxyl groups excluding tert-OH is 4. The third-order valence-corrected chi connectivity index (χ3v) is 3.79. The normalized spacial score (nSPS) is 27.7. The molecule has 150 valence electrons. The van der Waals surface area contributed by atoms with Crippen LogP contribution in [0.1, 0.15) is 0 Å².